The lowest BCUT2D eigenvalue weighted by molar-refractivity contribution is -0.0974. The minimum absolute atomic E-state index is 0.164. The molecule has 0 bridgehead atoms. The van der Waals surface area contributed by atoms with E-state index in [1.807, 2.05) is 0 Å². The Morgan fingerprint density at radius 1 is 1.17 bits per heavy atom. The maximum atomic E-state index is 12.2. The van der Waals surface area contributed by atoms with Crippen molar-refractivity contribution < 1.29 is 28.5 Å². The van der Waals surface area contributed by atoms with Gasteiger partial charge in [-0.25, -0.2) is 4.79 Å². The number of ether oxygens (including phenoxy) is 4. The summed E-state index contributed by atoms with van der Waals surface area (Å²) in [5, 5.41) is 2.65. The Morgan fingerprint density at radius 3 is 2.39 bits per heavy atom. The highest BCUT2D eigenvalue weighted by atomic mass is 16.7. The molecule has 1 amide bonds. The van der Waals surface area contributed by atoms with Crippen LogP contribution in [0, 0.1) is 0 Å². The van der Waals surface area contributed by atoms with Gasteiger partial charge in [0.05, 0.1) is 19.2 Å². The van der Waals surface area contributed by atoms with Gasteiger partial charge in [0.2, 0.25) is 0 Å². The van der Waals surface area contributed by atoms with Gasteiger partial charge in [0, 0.05) is 19.8 Å². The third-order valence-corrected chi connectivity index (χ3v) is 2.91. The van der Waals surface area contributed by atoms with E-state index in [2.05, 4.69) is 16.6 Å². The van der Waals surface area contributed by atoms with Gasteiger partial charge in [-0.05, 0) is 18.2 Å². The van der Waals surface area contributed by atoms with Crippen molar-refractivity contribution in [3.05, 3.63) is 42.0 Å². The summed E-state index contributed by atoms with van der Waals surface area (Å²) in [6.07, 6.45) is 1.01. The van der Waals surface area contributed by atoms with Crippen molar-refractivity contribution in [3.8, 4) is 5.75 Å². The molecule has 0 radical (unpaired) electrons. The molecule has 1 N–H and O–H groups in total. The number of hydrogen-bond acceptors (Lipinski definition) is 6. The van der Waals surface area contributed by atoms with E-state index in [4.69, 9.17) is 14.2 Å². The molecule has 0 aliphatic heterocycles. The van der Waals surface area contributed by atoms with Crippen molar-refractivity contribution in [2.75, 3.05) is 34.5 Å². The lowest BCUT2D eigenvalue weighted by atomic mass is 10.1. The van der Waals surface area contributed by atoms with E-state index in [-0.39, 0.29) is 24.3 Å². The Hall–Kier alpha value is -2.38. The summed E-state index contributed by atoms with van der Waals surface area (Å²) in [4.78, 5) is 23.9. The van der Waals surface area contributed by atoms with Gasteiger partial charge in [-0.2, -0.15) is 0 Å². The first-order valence-corrected chi connectivity index (χ1v) is 6.86. The Balaban J connectivity index is 2.96. The van der Waals surface area contributed by atoms with Crippen LogP contribution in [0.25, 0.3) is 0 Å². The fourth-order valence-corrected chi connectivity index (χ4v) is 1.75. The maximum absolute atomic E-state index is 12.2. The summed E-state index contributed by atoms with van der Waals surface area (Å²) in [6, 6.07) is 4.45. The van der Waals surface area contributed by atoms with Gasteiger partial charge < -0.3 is 24.3 Å². The number of carbonyl (C=O) groups is 2. The first-order valence-electron chi connectivity index (χ1n) is 6.86. The minimum atomic E-state index is -0.560. The molecule has 0 saturated heterocycles. The van der Waals surface area contributed by atoms with Gasteiger partial charge in [0.15, 0.2) is 6.29 Å². The number of methoxy groups -OCH3 is 3. The van der Waals surface area contributed by atoms with Crippen LogP contribution in [-0.2, 0) is 14.2 Å². The number of nitrogens with one attached hydrogen (secondary N) is 1. The molecule has 1 aromatic carbocycles. The molecule has 126 valence electrons. The molecule has 23 heavy (non-hydrogen) atoms. The van der Waals surface area contributed by atoms with Crippen LogP contribution < -0.4 is 10.1 Å². The quantitative estimate of drug-likeness (QED) is 0.420. The zero-order chi connectivity index (χ0) is 17.2. The Labute approximate surface area is 135 Å². The fourth-order valence-electron chi connectivity index (χ4n) is 1.75. The minimum Gasteiger partial charge on any atom is -0.490 e. The van der Waals surface area contributed by atoms with Crippen LogP contribution in [-0.4, -0.2) is 52.6 Å². The normalized spacial score (nSPS) is 10.3. The van der Waals surface area contributed by atoms with Gasteiger partial charge in [-0.15, -0.1) is 0 Å². The Morgan fingerprint density at radius 2 is 1.83 bits per heavy atom. The summed E-state index contributed by atoms with van der Waals surface area (Å²) in [6.45, 7) is 3.97. The lowest BCUT2D eigenvalue weighted by Gasteiger charge is -2.14. The molecule has 7 heteroatoms. The zero-order valence-corrected chi connectivity index (χ0v) is 13.5. The third kappa shape index (κ3) is 5.72. The second-order valence-corrected chi connectivity index (χ2v) is 4.45. The van der Waals surface area contributed by atoms with E-state index in [1.165, 1.54) is 39.5 Å². The van der Waals surface area contributed by atoms with Crippen LogP contribution in [0.15, 0.2) is 30.9 Å². The summed E-state index contributed by atoms with van der Waals surface area (Å²) < 4.78 is 20.1. The molecule has 0 spiro atoms. The molecule has 0 aromatic heterocycles. The van der Waals surface area contributed by atoms with Gasteiger partial charge in [-0.1, -0.05) is 12.7 Å². The van der Waals surface area contributed by atoms with E-state index < -0.39 is 18.2 Å². The molecule has 0 saturated carbocycles. The highest BCUT2D eigenvalue weighted by Crippen LogP contribution is 2.18. The Kier molecular flexibility index (Phi) is 7.79. The number of amides is 1. The third-order valence-electron chi connectivity index (χ3n) is 2.91. The molecule has 1 aromatic rings. The average Bonchev–Trinajstić information content (AvgIpc) is 2.59. The van der Waals surface area contributed by atoms with E-state index in [1.54, 1.807) is 6.08 Å². The van der Waals surface area contributed by atoms with Crippen molar-refractivity contribution in [1.29, 1.82) is 0 Å². The standard InChI is InChI=1S/C16H21NO6/c1-5-6-23-13-8-11(7-12(9-13)16(19)22-4)15(18)17-10-14(20-2)21-3/h5,7-9,14H,1,6,10H2,2-4H3,(H,17,18). The lowest BCUT2D eigenvalue weighted by Crippen LogP contribution is -2.34. The highest BCUT2D eigenvalue weighted by Gasteiger charge is 2.15. The summed E-state index contributed by atoms with van der Waals surface area (Å²) in [5.74, 6) is -0.582. The number of hydrogen-bond donors (Lipinski definition) is 1. The first kappa shape index (κ1) is 18.7. The molecule has 0 atom stereocenters. The van der Waals surface area contributed by atoms with Gasteiger partial charge in [0.1, 0.15) is 12.4 Å². The second kappa shape index (κ2) is 9.60. The van der Waals surface area contributed by atoms with E-state index in [0.29, 0.717) is 5.75 Å². The molecule has 0 aliphatic rings. The second-order valence-electron chi connectivity index (χ2n) is 4.45. The molecule has 1 rings (SSSR count). The van der Waals surface area contributed by atoms with Crippen LogP contribution in [0.4, 0.5) is 0 Å². The summed E-state index contributed by atoms with van der Waals surface area (Å²) in [5.41, 5.74) is 0.479. The molecule has 0 unspecified atom stereocenters. The van der Waals surface area contributed by atoms with Gasteiger partial charge in [-0.3, -0.25) is 4.79 Å². The van der Waals surface area contributed by atoms with Crippen molar-refractivity contribution in [2.24, 2.45) is 0 Å². The smallest absolute Gasteiger partial charge is 0.338 e. The first-order chi connectivity index (χ1) is 11.0. The van der Waals surface area contributed by atoms with Gasteiger partial charge in [0.25, 0.3) is 5.91 Å². The van der Waals surface area contributed by atoms with Crippen molar-refractivity contribution >= 4 is 11.9 Å². The van der Waals surface area contributed by atoms with Crippen LogP contribution in [0.3, 0.4) is 0 Å². The number of esters is 1. The van der Waals surface area contributed by atoms with Crippen LogP contribution in [0.2, 0.25) is 0 Å². The van der Waals surface area contributed by atoms with Crippen LogP contribution in [0.1, 0.15) is 20.7 Å². The predicted molar refractivity (Wildman–Crippen MR) is 83.6 cm³/mol. The van der Waals surface area contributed by atoms with E-state index in [9.17, 15) is 9.59 Å². The van der Waals surface area contributed by atoms with E-state index in [0.717, 1.165) is 0 Å². The fraction of sp³-hybridized carbons (Fsp3) is 0.375. The summed E-state index contributed by atoms with van der Waals surface area (Å²) in [7, 11) is 4.21. The SMILES string of the molecule is C=CCOc1cc(C(=O)NCC(OC)OC)cc(C(=O)OC)c1. The molecular formula is C16H21NO6. The predicted octanol–water partition coefficient (Wildman–Crippen LogP) is 1.39. The average molecular weight is 323 g/mol. The van der Waals surface area contributed by atoms with Crippen molar-refractivity contribution in [2.45, 2.75) is 6.29 Å². The Bertz CT molecular complexity index is 554. The van der Waals surface area contributed by atoms with Crippen molar-refractivity contribution in [1.82, 2.24) is 5.32 Å². The summed E-state index contributed by atoms with van der Waals surface area (Å²) >= 11 is 0. The van der Waals surface area contributed by atoms with Crippen LogP contribution >= 0.6 is 0 Å². The molecule has 0 fully saturated rings. The topological polar surface area (TPSA) is 83.1 Å². The largest absolute Gasteiger partial charge is 0.490 e. The number of benzene rings is 1. The van der Waals surface area contributed by atoms with Crippen molar-refractivity contribution in [3.63, 3.8) is 0 Å². The maximum Gasteiger partial charge on any atom is 0.338 e. The zero-order valence-electron chi connectivity index (χ0n) is 13.5. The van der Waals surface area contributed by atoms with E-state index >= 15 is 0 Å². The number of rotatable bonds is 9. The molecule has 0 heterocycles. The molecular weight excluding hydrogens is 302 g/mol. The molecule has 7 nitrogen and oxygen atoms in total. The van der Waals surface area contributed by atoms with Gasteiger partial charge >= 0.3 is 5.97 Å². The molecule has 0 aliphatic carbocycles. The van der Waals surface area contributed by atoms with Crippen LogP contribution in [0.5, 0.6) is 5.75 Å². The number of carbonyl (C=O) groups excluding carboxylic acids is 2. The monoisotopic (exact) mass is 323 g/mol. The highest BCUT2D eigenvalue weighted by molar-refractivity contribution is 5.98.